The number of nitrogens with one attached hydrogen (secondary N) is 2. The zero-order valence-electron chi connectivity index (χ0n) is 13.4. The highest BCUT2D eigenvalue weighted by Crippen LogP contribution is 2.83. The Bertz CT molecular complexity index is 869. The quantitative estimate of drug-likeness (QED) is 0.401. The van der Waals surface area contributed by atoms with Gasteiger partial charge in [0.05, 0.1) is 0 Å². The zero-order chi connectivity index (χ0) is 18.7. The second kappa shape index (κ2) is 8.70. The fourth-order valence-electron chi connectivity index (χ4n) is 2.27. The molecule has 2 N–H and O–H groups in total. The third kappa shape index (κ3) is 6.11. The molecule has 0 unspecified atom stereocenters. The van der Waals surface area contributed by atoms with E-state index in [0.717, 1.165) is 11.1 Å². The topological polar surface area (TPSA) is 61.1 Å². The number of nitrogens with zero attached hydrogens (tertiary/aromatic N) is 3. The molecule has 2 aromatic rings. The molecule has 1 aliphatic rings. The van der Waals surface area contributed by atoms with Gasteiger partial charge in [0.25, 0.3) is 11.8 Å². The van der Waals surface area contributed by atoms with Gasteiger partial charge >= 0.3 is 0 Å². The van der Waals surface area contributed by atoms with E-state index in [-0.39, 0.29) is 0 Å². The molecule has 1 heterocycles. The van der Waals surface area contributed by atoms with Gasteiger partial charge in [-0.3, -0.25) is 0 Å². The van der Waals surface area contributed by atoms with E-state index in [4.69, 9.17) is 45.0 Å². The lowest BCUT2D eigenvalue weighted by Gasteiger charge is -2.28. The van der Waals surface area contributed by atoms with Crippen molar-refractivity contribution in [3.63, 3.8) is 0 Å². The Morgan fingerprint density at radius 3 is 1.46 bits per heavy atom. The van der Waals surface area contributed by atoms with Crippen LogP contribution >= 0.6 is 64.3 Å². The first-order valence-electron chi connectivity index (χ1n) is 7.56. The summed E-state index contributed by atoms with van der Waals surface area (Å²) >= 11 is 25.2. The van der Waals surface area contributed by atoms with Gasteiger partial charge in [-0.1, -0.05) is 60.7 Å². The summed E-state index contributed by atoms with van der Waals surface area (Å²) in [5.74, 6) is -6.02. The molecule has 5 nitrogen and oxygen atoms in total. The first-order valence-corrected chi connectivity index (χ1v) is 16.3. The molecular formula is C14H16Cl4N5P3. The van der Waals surface area contributed by atoms with E-state index in [1.807, 2.05) is 60.7 Å². The molecule has 0 bridgehead atoms. The number of halogens is 4. The third-order valence-corrected chi connectivity index (χ3v) is 15.0. The van der Waals surface area contributed by atoms with Crippen molar-refractivity contribution in [2.45, 2.75) is 13.1 Å². The molecule has 0 spiro atoms. The maximum atomic E-state index is 6.29. The van der Waals surface area contributed by atoms with Crippen molar-refractivity contribution in [1.29, 1.82) is 0 Å². The van der Waals surface area contributed by atoms with Crippen LogP contribution in [0.4, 0.5) is 0 Å². The van der Waals surface area contributed by atoms with Crippen LogP contribution in [0.3, 0.4) is 0 Å². The van der Waals surface area contributed by atoms with Gasteiger partial charge in [-0.05, 0) is 56.1 Å². The molecule has 140 valence electrons. The Morgan fingerprint density at radius 1 is 0.615 bits per heavy atom. The van der Waals surface area contributed by atoms with Crippen LogP contribution in [-0.4, -0.2) is 0 Å². The maximum Gasteiger partial charge on any atom is 0.257 e. The van der Waals surface area contributed by atoms with Crippen molar-refractivity contribution in [3.05, 3.63) is 71.8 Å². The van der Waals surface area contributed by atoms with E-state index in [0.29, 0.717) is 13.1 Å². The number of benzene rings is 2. The SMILES string of the molecule is ClP1(Cl)=NP(Cl)(Cl)=NP(NCc2ccccc2)(NCc2ccccc2)=N1. The largest absolute Gasteiger partial charge is 0.257 e. The van der Waals surface area contributed by atoms with Crippen LogP contribution in [0.5, 0.6) is 0 Å². The van der Waals surface area contributed by atoms with Gasteiger partial charge < -0.3 is 0 Å². The van der Waals surface area contributed by atoms with E-state index in [2.05, 4.69) is 23.7 Å². The average molecular weight is 489 g/mol. The highest BCUT2D eigenvalue weighted by molar-refractivity contribution is 8.20. The van der Waals surface area contributed by atoms with Crippen molar-refractivity contribution < 1.29 is 0 Å². The Balaban J connectivity index is 1.92. The second-order valence-electron chi connectivity index (χ2n) is 5.42. The average Bonchev–Trinajstić information content (AvgIpc) is 2.58. The highest BCUT2D eigenvalue weighted by Gasteiger charge is 2.33. The normalized spacial score (nSPS) is 19.7. The van der Waals surface area contributed by atoms with Crippen molar-refractivity contribution in [2.24, 2.45) is 13.5 Å². The molecule has 0 radical (unpaired) electrons. The summed E-state index contributed by atoms with van der Waals surface area (Å²) in [7, 11) is -2.74. The molecule has 1 aliphatic heterocycles. The van der Waals surface area contributed by atoms with E-state index < -0.39 is 19.3 Å². The minimum atomic E-state index is -3.01. The molecule has 0 aromatic heterocycles. The molecular weight excluding hydrogens is 473 g/mol. The van der Waals surface area contributed by atoms with Gasteiger partial charge in [-0.15, -0.1) is 0 Å². The molecule has 26 heavy (non-hydrogen) atoms. The van der Waals surface area contributed by atoms with Crippen LogP contribution in [0, 0.1) is 0 Å². The molecule has 0 saturated carbocycles. The van der Waals surface area contributed by atoms with Crippen molar-refractivity contribution >= 4 is 64.3 Å². The first kappa shape index (κ1) is 20.9. The van der Waals surface area contributed by atoms with Gasteiger partial charge in [0.2, 0.25) is 7.51 Å². The van der Waals surface area contributed by atoms with Crippen LogP contribution in [0.25, 0.3) is 0 Å². The first-order chi connectivity index (χ1) is 12.3. The number of hydrogen-bond acceptors (Lipinski definition) is 5. The number of hydrogen-bond donors (Lipinski definition) is 2. The van der Waals surface area contributed by atoms with Crippen molar-refractivity contribution in [2.75, 3.05) is 0 Å². The predicted molar refractivity (Wildman–Crippen MR) is 118 cm³/mol. The van der Waals surface area contributed by atoms with Crippen molar-refractivity contribution in [1.82, 2.24) is 10.2 Å². The molecule has 0 aliphatic carbocycles. The van der Waals surface area contributed by atoms with Crippen LogP contribution in [-0.2, 0) is 13.1 Å². The summed E-state index contributed by atoms with van der Waals surface area (Å²) in [4.78, 5) is 0. The minimum absolute atomic E-state index is 0.519. The molecule has 12 heteroatoms. The summed E-state index contributed by atoms with van der Waals surface area (Å²) in [5.41, 5.74) is 2.14. The zero-order valence-corrected chi connectivity index (χ0v) is 19.1. The van der Waals surface area contributed by atoms with Gasteiger partial charge in [-0.2, -0.15) is 13.5 Å². The Labute approximate surface area is 172 Å². The summed E-state index contributed by atoms with van der Waals surface area (Å²) < 4.78 is 13.1. The molecule has 0 fully saturated rings. The van der Waals surface area contributed by atoms with Crippen LogP contribution in [0.2, 0.25) is 0 Å². The molecule has 2 aromatic carbocycles. The lowest BCUT2D eigenvalue weighted by Crippen LogP contribution is -2.21. The summed E-state index contributed by atoms with van der Waals surface area (Å²) in [6, 6.07) is 19.8. The lowest BCUT2D eigenvalue weighted by molar-refractivity contribution is 0.876. The third-order valence-electron chi connectivity index (χ3n) is 3.38. The Morgan fingerprint density at radius 2 is 1.04 bits per heavy atom. The van der Waals surface area contributed by atoms with E-state index in [1.165, 1.54) is 0 Å². The van der Waals surface area contributed by atoms with Gasteiger partial charge in [0.1, 0.15) is 0 Å². The van der Waals surface area contributed by atoms with Crippen LogP contribution in [0.1, 0.15) is 11.1 Å². The van der Waals surface area contributed by atoms with Crippen LogP contribution in [0.15, 0.2) is 74.2 Å². The molecule has 0 amide bonds. The minimum Gasteiger partial charge on any atom is -0.249 e. The maximum absolute atomic E-state index is 6.29. The van der Waals surface area contributed by atoms with E-state index >= 15 is 0 Å². The van der Waals surface area contributed by atoms with Crippen LogP contribution < -0.4 is 10.2 Å². The lowest BCUT2D eigenvalue weighted by atomic mass is 10.2. The summed E-state index contributed by atoms with van der Waals surface area (Å²) in [6.45, 7) is 1.04. The summed E-state index contributed by atoms with van der Waals surface area (Å²) in [6.07, 6.45) is 0. The molecule has 0 saturated heterocycles. The Hall–Kier alpha value is 0.210. The molecule has 0 atom stereocenters. The van der Waals surface area contributed by atoms with Gasteiger partial charge in [-0.25, -0.2) is 10.2 Å². The standard InChI is InChI=1S/C14H16Cl4N5P3/c15-24(16)21-25(17,18)23-26(22-24,19-11-13-7-3-1-4-8-13)20-12-14-9-5-2-6-10-14/h1-10,19-20H,11-12H2. The highest BCUT2D eigenvalue weighted by atomic mass is 35.9. The fraction of sp³-hybridized carbons (Fsp3) is 0.143. The molecule has 3 rings (SSSR count). The Kier molecular flexibility index (Phi) is 7.00. The van der Waals surface area contributed by atoms with Crippen molar-refractivity contribution in [3.8, 4) is 0 Å². The second-order valence-corrected chi connectivity index (χ2v) is 17.9. The van der Waals surface area contributed by atoms with Gasteiger partial charge in [0.15, 0.2) is 0 Å². The summed E-state index contributed by atoms with van der Waals surface area (Å²) in [5, 5.41) is 6.71. The predicted octanol–water partition coefficient (Wildman–Crippen LogP) is 8.37. The fourth-order valence-corrected chi connectivity index (χ4v) is 17.4. The number of rotatable bonds is 6. The van der Waals surface area contributed by atoms with E-state index in [9.17, 15) is 0 Å². The smallest absolute Gasteiger partial charge is 0.249 e. The van der Waals surface area contributed by atoms with Gasteiger partial charge in [0, 0.05) is 13.1 Å². The van der Waals surface area contributed by atoms with E-state index in [1.54, 1.807) is 0 Å². The monoisotopic (exact) mass is 487 g/mol.